The summed E-state index contributed by atoms with van der Waals surface area (Å²) in [5.74, 6) is 0.524. The van der Waals surface area contributed by atoms with E-state index >= 15 is 0 Å². The highest BCUT2D eigenvalue weighted by Crippen LogP contribution is 2.19. The largest absolute Gasteiger partial charge is 0.438 e. The van der Waals surface area contributed by atoms with Crippen LogP contribution in [0.2, 0.25) is 0 Å². The number of aromatic nitrogens is 3. The molecule has 0 atom stereocenters. The lowest BCUT2D eigenvalue weighted by Gasteiger charge is -2.07. The average Bonchev–Trinajstić information content (AvgIpc) is 2.69. The molecule has 0 aliphatic heterocycles. The van der Waals surface area contributed by atoms with Gasteiger partial charge in [-0.3, -0.25) is 9.59 Å². The van der Waals surface area contributed by atoms with Crippen molar-refractivity contribution in [3.05, 3.63) is 89.2 Å². The van der Waals surface area contributed by atoms with Crippen LogP contribution in [0, 0.1) is 0 Å². The van der Waals surface area contributed by atoms with E-state index in [2.05, 4.69) is 20.3 Å². The van der Waals surface area contributed by atoms with Crippen molar-refractivity contribution in [3.63, 3.8) is 0 Å². The number of amides is 1. The Morgan fingerprint density at radius 1 is 1.00 bits per heavy atom. The number of para-hydroxylation sites is 1. The van der Waals surface area contributed by atoms with Gasteiger partial charge >= 0.3 is 0 Å². The SMILES string of the molecule is O=C(Nc1ccc2c(=O)[nH]ccc2c1)c1cnc(Oc2ccccc2)cn1. The summed E-state index contributed by atoms with van der Waals surface area (Å²) in [7, 11) is 0. The van der Waals surface area contributed by atoms with E-state index in [1.54, 1.807) is 42.6 Å². The van der Waals surface area contributed by atoms with Crippen LogP contribution in [0.4, 0.5) is 5.69 Å². The van der Waals surface area contributed by atoms with Gasteiger partial charge in [-0.05, 0) is 41.8 Å². The molecule has 0 saturated heterocycles. The van der Waals surface area contributed by atoms with Gasteiger partial charge in [-0.1, -0.05) is 18.2 Å². The van der Waals surface area contributed by atoms with E-state index in [-0.39, 0.29) is 11.3 Å². The molecule has 132 valence electrons. The number of nitrogens with zero attached hydrogens (tertiary/aromatic N) is 2. The molecular formula is C20H14N4O3. The van der Waals surface area contributed by atoms with E-state index < -0.39 is 5.91 Å². The molecule has 0 aliphatic carbocycles. The minimum absolute atomic E-state index is 0.154. The lowest BCUT2D eigenvalue weighted by atomic mass is 10.1. The maximum Gasteiger partial charge on any atom is 0.275 e. The molecule has 2 N–H and O–H groups in total. The number of anilines is 1. The summed E-state index contributed by atoms with van der Waals surface area (Å²) in [6.45, 7) is 0. The Morgan fingerprint density at radius 3 is 2.63 bits per heavy atom. The Balaban J connectivity index is 1.49. The molecule has 27 heavy (non-hydrogen) atoms. The predicted molar refractivity (Wildman–Crippen MR) is 101 cm³/mol. The van der Waals surface area contributed by atoms with Crippen LogP contribution in [0.25, 0.3) is 10.8 Å². The molecule has 0 spiro atoms. The van der Waals surface area contributed by atoms with E-state index in [4.69, 9.17) is 4.74 Å². The fourth-order valence-electron chi connectivity index (χ4n) is 2.56. The van der Waals surface area contributed by atoms with Crippen molar-refractivity contribution in [1.82, 2.24) is 15.0 Å². The van der Waals surface area contributed by atoms with Gasteiger partial charge in [0, 0.05) is 17.3 Å². The zero-order valence-corrected chi connectivity index (χ0v) is 14.0. The third-order valence-electron chi connectivity index (χ3n) is 3.86. The van der Waals surface area contributed by atoms with E-state index in [1.807, 2.05) is 18.2 Å². The molecule has 0 saturated carbocycles. The van der Waals surface area contributed by atoms with Gasteiger partial charge in [0.1, 0.15) is 11.4 Å². The number of carbonyl (C=O) groups is 1. The average molecular weight is 358 g/mol. The van der Waals surface area contributed by atoms with Crippen molar-refractivity contribution in [2.75, 3.05) is 5.32 Å². The Bertz CT molecular complexity index is 1160. The highest BCUT2D eigenvalue weighted by Gasteiger charge is 2.10. The first-order valence-electron chi connectivity index (χ1n) is 8.17. The van der Waals surface area contributed by atoms with Crippen LogP contribution in [0.5, 0.6) is 11.6 Å². The van der Waals surface area contributed by atoms with Crippen molar-refractivity contribution in [1.29, 1.82) is 0 Å². The van der Waals surface area contributed by atoms with E-state index in [9.17, 15) is 9.59 Å². The van der Waals surface area contributed by atoms with E-state index in [0.717, 1.165) is 5.39 Å². The predicted octanol–water partition coefficient (Wildman–Crippen LogP) is 3.36. The lowest BCUT2D eigenvalue weighted by Crippen LogP contribution is -2.14. The van der Waals surface area contributed by atoms with Gasteiger partial charge in [0.15, 0.2) is 0 Å². The smallest absolute Gasteiger partial charge is 0.275 e. The normalized spacial score (nSPS) is 10.5. The second kappa shape index (κ2) is 7.09. The highest BCUT2D eigenvalue weighted by atomic mass is 16.5. The summed E-state index contributed by atoms with van der Waals surface area (Å²) in [5.41, 5.74) is 0.538. The minimum atomic E-state index is -0.405. The molecule has 7 heteroatoms. The number of rotatable bonds is 4. The number of fused-ring (bicyclic) bond motifs is 1. The molecule has 2 heterocycles. The number of nitrogens with one attached hydrogen (secondary N) is 2. The van der Waals surface area contributed by atoms with Crippen molar-refractivity contribution in [2.24, 2.45) is 0 Å². The molecule has 0 fully saturated rings. The van der Waals surface area contributed by atoms with Crippen LogP contribution in [0.1, 0.15) is 10.5 Å². The maximum absolute atomic E-state index is 12.4. The van der Waals surface area contributed by atoms with E-state index in [1.165, 1.54) is 12.4 Å². The van der Waals surface area contributed by atoms with E-state index in [0.29, 0.717) is 22.7 Å². The zero-order valence-electron chi connectivity index (χ0n) is 14.0. The molecule has 2 aromatic carbocycles. The molecule has 2 aromatic heterocycles. The summed E-state index contributed by atoms with van der Waals surface area (Å²) >= 11 is 0. The first kappa shape index (κ1) is 16.5. The van der Waals surface area contributed by atoms with Crippen molar-refractivity contribution in [3.8, 4) is 11.6 Å². The van der Waals surface area contributed by atoms with Crippen molar-refractivity contribution >= 4 is 22.4 Å². The second-order valence-electron chi connectivity index (χ2n) is 5.72. The third-order valence-corrected chi connectivity index (χ3v) is 3.86. The molecule has 4 rings (SSSR count). The summed E-state index contributed by atoms with van der Waals surface area (Å²) in [5, 5.41) is 4.03. The van der Waals surface area contributed by atoms with Gasteiger partial charge in [0.25, 0.3) is 11.5 Å². The van der Waals surface area contributed by atoms with Crippen LogP contribution < -0.4 is 15.6 Å². The van der Waals surface area contributed by atoms with Crippen LogP contribution in [-0.2, 0) is 0 Å². The Hall–Kier alpha value is -4.00. The van der Waals surface area contributed by atoms with Gasteiger partial charge < -0.3 is 15.0 Å². The lowest BCUT2D eigenvalue weighted by molar-refractivity contribution is 0.102. The first-order chi connectivity index (χ1) is 13.2. The standard InChI is InChI=1S/C20H14N4O3/c25-19-16-7-6-14(10-13(16)8-9-21-19)24-20(26)17-11-23-18(12-22-17)27-15-4-2-1-3-5-15/h1-12H,(H,21,25)(H,24,26). The fourth-order valence-corrected chi connectivity index (χ4v) is 2.56. The topological polar surface area (TPSA) is 97.0 Å². The van der Waals surface area contributed by atoms with Crippen LogP contribution in [0.15, 0.2) is 78.0 Å². The number of aromatic amines is 1. The number of carbonyl (C=O) groups excluding carboxylic acids is 1. The van der Waals surface area contributed by atoms with Crippen LogP contribution >= 0.6 is 0 Å². The fraction of sp³-hybridized carbons (Fsp3) is 0. The summed E-state index contributed by atoms with van der Waals surface area (Å²) in [4.78, 5) is 34.9. The number of benzene rings is 2. The summed E-state index contributed by atoms with van der Waals surface area (Å²) in [6.07, 6.45) is 4.30. The Kier molecular flexibility index (Phi) is 4.32. The monoisotopic (exact) mass is 358 g/mol. The van der Waals surface area contributed by atoms with Crippen LogP contribution in [0.3, 0.4) is 0 Å². The molecule has 0 unspecified atom stereocenters. The van der Waals surface area contributed by atoms with Crippen molar-refractivity contribution < 1.29 is 9.53 Å². The maximum atomic E-state index is 12.4. The summed E-state index contributed by atoms with van der Waals surface area (Å²) < 4.78 is 5.55. The number of hydrogen-bond acceptors (Lipinski definition) is 5. The second-order valence-corrected chi connectivity index (χ2v) is 5.72. The molecule has 7 nitrogen and oxygen atoms in total. The number of H-pyrrole nitrogens is 1. The van der Waals surface area contributed by atoms with Gasteiger partial charge in [0.2, 0.25) is 5.88 Å². The Labute approximate surface area is 153 Å². The van der Waals surface area contributed by atoms with Gasteiger partial charge in [-0.15, -0.1) is 0 Å². The van der Waals surface area contributed by atoms with Gasteiger partial charge in [0.05, 0.1) is 12.4 Å². The number of hydrogen-bond donors (Lipinski definition) is 2. The van der Waals surface area contributed by atoms with Crippen LogP contribution in [-0.4, -0.2) is 20.9 Å². The zero-order chi connectivity index (χ0) is 18.6. The highest BCUT2D eigenvalue weighted by molar-refractivity contribution is 6.03. The molecular weight excluding hydrogens is 344 g/mol. The van der Waals surface area contributed by atoms with Gasteiger partial charge in [-0.2, -0.15) is 0 Å². The Morgan fingerprint density at radius 2 is 1.85 bits per heavy atom. The number of ether oxygens (including phenoxy) is 1. The molecule has 0 aliphatic rings. The molecule has 0 radical (unpaired) electrons. The minimum Gasteiger partial charge on any atom is -0.438 e. The quantitative estimate of drug-likeness (QED) is 0.583. The third kappa shape index (κ3) is 3.67. The van der Waals surface area contributed by atoms with Crippen molar-refractivity contribution in [2.45, 2.75) is 0 Å². The summed E-state index contributed by atoms with van der Waals surface area (Å²) in [6, 6.07) is 16.0. The molecule has 4 aromatic rings. The van der Waals surface area contributed by atoms with Gasteiger partial charge in [-0.25, -0.2) is 9.97 Å². The first-order valence-corrected chi connectivity index (χ1v) is 8.17. The molecule has 1 amide bonds. The number of pyridine rings is 1. The molecule has 0 bridgehead atoms.